The first-order valence-corrected chi connectivity index (χ1v) is 6.94. The Morgan fingerprint density at radius 1 is 1.13 bits per heavy atom. The summed E-state index contributed by atoms with van der Waals surface area (Å²) < 4.78 is 38.4. The first-order chi connectivity index (χ1) is 10.9. The highest BCUT2D eigenvalue weighted by molar-refractivity contribution is 6.30. The Hall–Kier alpha value is -2.45. The molecule has 0 fully saturated rings. The number of carbonyl (C=O) groups is 1. The van der Waals surface area contributed by atoms with Crippen molar-refractivity contribution in [3.05, 3.63) is 70.2 Å². The summed E-state index contributed by atoms with van der Waals surface area (Å²) in [6, 6.07) is 11.4. The molecular weight excluding hydrogens is 327 g/mol. The van der Waals surface area contributed by atoms with Crippen molar-refractivity contribution in [1.29, 1.82) is 0 Å². The largest absolute Gasteiger partial charge is 0.417 e. The Morgan fingerprint density at radius 3 is 2.57 bits per heavy atom. The topological polar surface area (TPSA) is 29.1 Å². The Balaban J connectivity index is 2.03. The Bertz CT molecular complexity index is 775. The van der Waals surface area contributed by atoms with Gasteiger partial charge in [-0.25, -0.2) is 0 Å². The fourth-order valence-electron chi connectivity index (χ4n) is 1.83. The lowest BCUT2D eigenvalue weighted by molar-refractivity contribution is -0.137. The van der Waals surface area contributed by atoms with Gasteiger partial charge in [0.2, 0.25) is 0 Å². The zero-order valence-electron chi connectivity index (χ0n) is 11.7. The molecule has 0 aromatic heterocycles. The van der Waals surface area contributed by atoms with Crippen LogP contribution < -0.4 is 5.32 Å². The Morgan fingerprint density at radius 2 is 1.87 bits per heavy atom. The molecule has 0 bridgehead atoms. The van der Waals surface area contributed by atoms with Gasteiger partial charge in [-0.1, -0.05) is 41.6 Å². The molecule has 0 radical (unpaired) electrons. The van der Waals surface area contributed by atoms with Crippen LogP contribution in [0.1, 0.15) is 21.5 Å². The van der Waals surface area contributed by atoms with E-state index < -0.39 is 17.6 Å². The third-order valence-electron chi connectivity index (χ3n) is 2.88. The van der Waals surface area contributed by atoms with Crippen LogP contribution in [-0.4, -0.2) is 12.5 Å². The third kappa shape index (κ3) is 4.76. The standard InChI is InChI=1S/C17H11ClF3NO/c18-14-8-3-6-13(11-14)16(23)22-10-4-7-12-5-1-2-9-15(12)17(19,20)21/h1-3,5-6,8-9,11H,10H2,(H,22,23). The summed E-state index contributed by atoms with van der Waals surface area (Å²) in [6.07, 6.45) is -4.46. The van der Waals surface area contributed by atoms with E-state index in [9.17, 15) is 18.0 Å². The van der Waals surface area contributed by atoms with Crippen LogP contribution in [0.5, 0.6) is 0 Å². The number of carbonyl (C=O) groups excluding carboxylic acids is 1. The van der Waals surface area contributed by atoms with Crippen LogP contribution in [-0.2, 0) is 6.18 Å². The molecule has 1 N–H and O–H groups in total. The average Bonchev–Trinajstić information content (AvgIpc) is 2.51. The molecule has 0 aliphatic rings. The lowest BCUT2D eigenvalue weighted by Crippen LogP contribution is -2.23. The monoisotopic (exact) mass is 337 g/mol. The van der Waals surface area contributed by atoms with E-state index in [1.165, 1.54) is 24.3 Å². The number of hydrogen-bond acceptors (Lipinski definition) is 1. The van der Waals surface area contributed by atoms with E-state index in [1.54, 1.807) is 18.2 Å². The van der Waals surface area contributed by atoms with Gasteiger partial charge in [-0.3, -0.25) is 4.79 Å². The van der Waals surface area contributed by atoms with Crippen LogP contribution in [0, 0.1) is 11.8 Å². The van der Waals surface area contributed by atoms with E-state index in [2.05, 4.69) is 17.2 Å². The summed E-state index contributed by atoms with van der Waals surface area (Å²) in [5.74, 6) is 4.54. The van der Waals surface area contributed by atoms with E-state index >= 15 is 0 Å². The maximum Gasteiger partial charge on any atom is 0.417 e. The highest BCUT2D eigenvalue weighted by Crippen LogP contribution is 2.31. The minimum Gasteiger partial charge on any atom is -0.341 e. The molecule has 0 aliphatic carbocycles. The van der Waals surface area contributed by atoms with Gasteiger partial charge >= 0.3 is 6.18 Å². The smallest absolute Gasteiger partial charge is 0.341 e. The minimum atomic E-state index is -4.46. The molecule has 0 aliphatic heterocycles. The number of nitrogens with one attached hydrogen (secondary N) is 1. The SMILES string of the molecule is O=C(NCC#Cc1ccccc1C(F)(F)F)c1cccc(Cl)c1. The second-order valence-corrected chi connectivity index (χ2v) is 4.97. The Labute approximate surface area is 136 Å². The zero-order valence-corrected chi connectivity index (χ0v) is 12.5. The van der Waals surface area contributed by atoms with Crippen molar-refractivity contribution in [3.8, 4) is 11.8 Å². The summed E-state index contributed by atoms with van der Waals surface area (Å²) in [5.41, 5.74) is -0.569. The number of alkyl halides is 3. The fourth-order valence-corrected chi connectivity index (χ4v) is 2.03. The summed E-state index contributed by atoms with van der Waals surface area (Å²) in [4.78, 5) is 11.8. The molecule has 0 spiro atoms. The second-order valence-electron chi connectivity index (χ2n) is 4.54. The fraction of sp³-hybridized carbons (Fsp3) is 0.118. The number of hydrogen-bond donors (Lipinski definition) is 1. The number of halogens is 4. The average molecular weight is 338 g/mol. The van der Waals surface area contributed by atoms with Gasteiger partial charge in [-0.15, -0.1) is 0 Å². The van der Waals surface area contributed by atoms with Crippen LogP contribution in [0.4, 0.5) is 13.2 Å². The van der Waals surface area contributed by atoms with Gasteiger partial charge in [0.1, 0.15) is 0 Å². The number of benzene rings is 2. The second kappa shape index (κ2) is 7.21. The van der Waals surface area contributed by atoms with Crippen molar-refractivity contribution in [1.82, 2.24) is 5.32 Å². The summed E-state index contributed by atoms with van der Waals surface area (Å²) >= 11 is 5.78. The molecule has 2 aromatic carbocycles. The number of rotatable bonds is 2. The lowest BCUT2D eigenvalue weighted by atomic mass is 10.1. The predicted octanol–water partition coefficient (Wildman–Crippen LogP) is 4.14. The molecule has 1 amide bonds. The predicted molar refractivity (Wildman–Crippen MR) is 82.1 cm³/mol. The van der Waals surface area contributed by atoms with E-state index in [0.717, 1.165) is 6.07 Å². The van der Waals surface area contributed by atoms with Gasteiger partial charge in [0.15, 0.2) is 0 Å². The molecule has 118 valence electrons. The molecule has 6 heteroatoms. The van der Waals surface area contributed by atoms with Crippen molar-refractivity contribution in [2.75, 3.05) is 6.54 Å². The molecule has 0 saturated carbocycles. The van der Waals surface area contributed by atoms with Gasteiger partial charge < -0.3 is 5.32 Å². The molecular formula is C17H11ClF3NO. The highest BCUT2D eigenvalue weighted by atomic mass is 35.5. The quantitative estimate of drug-likeness (QED) is 0.820. The zero-order chi connectivity index (χ0) is 16.9. The van der Waals surface area contributed by atoms with Crippen molar-refractivity contribution in [2.24, 2.45) is 0 Å². The van der Waals surface area contributed by atoms with Crippen LogP contribution in [0.3, 0.4) is 0 Å². The molecule has 0 heterocycles. The summed E-state index contributed by atoms with van der Waals surface area (Å²) in [7, 11) is 0. The molecule has 0 atom stereocenters. The highest BCUT2D eigenvalue weighted by Gasteiger charge is 2.32. The maximum atomic E-state index is 12.8. The van der Waals surface area contributed by atoms with Crippen molar-refractivity contribution < 1.29 is 18.0 Å². The van der Waals surface area contributed by atoms with Crippen LogP contribution >= 0.6 is 11.6 Å². The molecule has 2 aromatic rings. The first kappa shape index (κ1) is 16.9. The van der Waals surface area contributed by atoms with Crippen molar-refractivity contribution in [3.63, 3.8) is 0 Å². The van der Waals surface area contributed by atoms with Gasteiger partial charge in [-0.05, 0) is 30.3 Å². The van der Waals surface area contributed by atoms with E-state index in [0.29, 0.717) is 10.6 Å². The minimum absolute atomic E-state index is 0.0719. The molecule has 0 unspecified atom stereocenters. The van der Waals surface area contributed by atoms with Crippen molar-refractivity contribution >= 4 is 17.5 Å². The van der Waals surface area contributed by atoms with Gasteiger partial charge in [0.25, 0.3) is 5.91 Å². The van der Waals surface area contributed by atoms with Gasteiger partial charge in [0, 0.05) is 16.1 Å². The van der Waals surface area contributed by atoms with E-state index in [4.69, 9.17) is 11.6 Å². The third-order valence-corrected chi connectivity index (χ3v) is 3.11. The van der Waals surface area contributed by atoms with Crippen LogP contribution in [0.2, 0.25) is 5.02 Å². The summed E-state index contributed by atoms with van der Waals surface area (Å²) in [5, 5.41) is 2.92. The van der Waals surface area contributed by atoms with Crippen LogP contribution in [0.25, 0.3) is 0 Å². The van der Waals surface area contributed by atoms with E-state index in [1.807, 2.05) is 0 Å². The molecule has 2 rings (SSSR count). The van der Waals surface area contributed by atoms with Crippen molar-refractivity contribution in [2.45, 2.75) is 6.18 Å². The van der Waals surface area contributed by atoms with Gasteiger partial charge in [-0.2, -0.15) is 13.2 Å². The summed E-state index contributed by atoms with van der Waals surface area (Å²) in [6.45, 7) is -0.0719. The molecule has 2 nitrogen and oxygen atoms in total. The molecule has 23 heavy (non-hydrogen) atoms. The maximum absolute atomic E-state index is 12.8. The van der Waals surface area contributed by atoms with E-state index in [-0.39, 0.29) is 12.1 Å². The Kier molecular flexibility index (Phi) is 5.30. The van der Waals surface area contributed by atoms with Crippen LogP contribution in [0.15, 0.2) is 48.5 Å². The number of amides is 1. The first-order valence-electron chi connectivity index (χ1n) is 6.57. The normalized spacial score (nSPS) is 10.6. The lowest BCUT2D eigenvalue weighted by Gasteiger charge is -2.08. The van der Waals surface area contributed by atoms with Gasteiger partial charge in [0.05, 0.1) is 12.1 Å². The molecule has 0 saturated heterocycles.